The van der Waals surface area contributed by atoms with Crippen LogP contribution in [-0.4, -0.2) is 0 Å². The zero-order valence-corrected chi connectivity index (χ0v) is 10.5. The van der Waals surface area contributed by atoms with Crippen LogP contribution in [0.5, 0.6) is 0 Å². The third kappa shape index (κ3) is 2.52. The van der Waals surface area contributed by atoms with Gasteiger partial charge in [-0.2, -0.15) is 0 Å². The van der Waals surface area contributed by atoms with Crippen molar-refractivity contribution in [1.82, 2.24) is 0 Å². The van der Waals surface area contributed by atoms with Gasteiger partial charge in [-0.3, -0.25) is 0 Å². The van der Waals surface area contributed by atoms with Gasteiger partial charge in [0, 0.05) is 16.6 Å². The number of nitrogens with two attached hydrogens (primary N) is 1. The van der Waals surface area contributed by atoms with Gasteiger partial charge < -0.3 is 5.73 Å². The average molecular weight is 268 g/mol. The van der Waals surface area contributed by atoms with Gasteiger partial charge in [-0.25, -0.2) is 8.78 Å². The van der Waals surface area contributed by atoms with E-state index in [2.05, 4.69) is 0 Å². The van der Waals surface area contributed by atoms with E-state index in [1.54, 1.807) is 12.1 Å². The molecule has 2 aromatic carbocycles. The molecule has 0 heterocycles. The summed E-state index contributed by atoms with van der Waals surface area (Å²) in [5, 5.41) is 0.477. The van der Waals surface area contributed by atoms with Gasteiger partial charge in [0.2, 0.25) is 0 Å². The molecule has 18 heavy (non-hydrogen) atoms. The number of hydrogen-bond acceptors (Lipinski definition) is 1. The minimum Gasteiger partial charge on any atom is -0.324 e. The molecule has 0 aliphatic rings. The van der Waals surface area contributed by atoms with Crippen molar-refractivity contribution in [2.24, 2.45) is 5.73 Å². The maximum Gasteiger partial charge on any atom is 0.159 e. The van der Waals surface area contributed by atoms with Crippen LogP contribution < -0.4 is 5.73 Å². The lowest BCUT2D eigenvalue weighted by Crippen LogP contribution is -2.04. The molecule has 1 atom stereocenters. The van der Waals surface area contributed by atoms with Crippen LogP contribution in [0, 0.1) is 11.6 Å². The molecule has 0 spiro atoms. The molecule has 0 amide bonds. The first-order chi connectivity index (χ1) is 8.49. The van der Waals surface area contributed by atoms with E-state index in [0.717, 1.165) is 17.7 Å². The van der Waals surface area contributed by atoms with Crippen molar-refractivity contribution < 1.29 is 8.78 Å². The molecule has 2 aromatic rings. The van der Waals surface area contributed by atoms with E-state index < -0.39 is 11.6 Å². The predicted octanol–water partition coefficient (Wildman–Crippen LogP) is 4.30. The van der Waals surface area contributed by atoms with Gasteiger partial charge in [-0.15, -0.1) is 0 Å². The Bertz CT molecular complexity index is 582. The molecular formula is C14H12ClF2N. The summed E-state index contributed by atoms with van der Waals surface area (Å²) in [6.45, 7) is 1.85. The molecule has 2 N–H and O–H groups in total. The minimum atomic E-state index is -0.894. The fourth-order valence-electron chi connectivity index (χ4n) is 1.71. The summed E-state index contributed by atoms with van der Waals surface area (Å²) in [5.41, 5.74) is 7.85. The van der Waals surface area contributed by atoms with Gasteiger partial charge in [-0.05, 0) is 42.3 Å². The average Bonchev–Trinajstić information content (AvgIpc) is 2.33. The zero-order chi connectivity index (χ0) is 13.3. The highest BCUT2D eigenvalue weighted by atomic mass is 35.5. The molecule has 2 rings (SSSR count). The van der Waals surface area contributed by atoms with Crippen LogP contribution >= 0.6 is 11.6 Å². The highest BCUT2D eigenvalue weighted by molar-refractivity contribution is 6.33. The van der Waals surface area contributed by atoms with E-state index >= 15 is 0 Å². The highest BCUT2D eigenvalue weighted by Crippen LogP contribution is 2.31. The van der Waals surface area contributed by atoms with Crippen molar-refractivity contribution >= 4 is 11.6 Å². The molecule has 0 aliphatic carbocycles. The third-order valence-electron chi connectivity index (χ3n) is 2.75. The number of hydrogen-bond donors (Lipinski definition) is 1. The molecule has 94 valence electrons. The lowest BCUT2D eigenvalue weighted by Gasteiger charge is -2.10. The number of benzene rings is 2. The Morgan fingerprint density at radius 1 is 1.06 bits per heavy atom. The van der Waals surface area contributed by atoms with Crippen LogP contribution in [0.1, 0.15) is 18.5 Å². The van der Waals surface area contributed by atoms with Crippen LogP contribution in [0.15, 0.2) is 36.4 Å². The fraction of sp³-hybridized carbons (Fsp3) is 0.143. The number of halogens is 3. The first-order valence-electron chi connectivity index (χ1n) is 5.49. The number of rotatable bonds is 2. The van der Waals surface area contributed by atoms with Crippen molar-refractivity contribution in [3.63, 3.8) is 0 Å². The van der Waals surface area contributed by atoms with Gasteiger partial charge in [0.1, 0.15) is 0 Å². The summed E-state index contributed by atoms with van der Waals surface area (Å²) < 4.78 is 26.1. The Kier molecular flexibility index (Phi) is 3.64. The minimum absolute atomic E-state index is 0.147. The van der Waals surface area contributed by atoms with Crippen molar-refractivity contribution in [2.45, 2.75) is 13.0 Å². The summed E-state index contributed by atoms with van der Waals surface area (Å²) in [4.78, 5) is 0. The first kappa shape index (κ1) is 13.0. The van der Waals surface area contributed by atoms with Gasteiger partial charge in [0.15, 0.2) is 11.6 Å². The fourth-order valence-corrected chi connectivity index (χ4v) is 1.94. The Labute approximate surface area is 109 Å². The Balaban J connectivity index is 2.55. The van der Waals surface area contributed by atoms with E-state index in [9.17, 15) is 8.78 Å². The molecule has 1 nitrogen and oxygen atoms in total. The largest absolute Gasteiger partial charge is 0.324 e. The van der Waals surface area contributed by atoms with Gasteiger partial charge in [-0.1, -0.05) is 23.7 Å². The molecule has 1 unspecified atom stereocenters. The van der Waals surface area contributed by atoms with Crippen molar-refractivity contribution in [3.8, 4) is 11.1 Å². The summed E-state index contributed by atoms with van der Waals surface area (Å²) >= 11 is 6.07. The molecule has 0 fully saturated rings. The SMILES string of the molecule is CC(N)c1ccc(Cl)c(-c2ccc(F)c(F)c2)c1. The Hall–Kier alpha value is -1.45. The van der Waals surface area contributed by atoms with E-state index in [4.69, 9.17) is 17.3 Å². The molecule has 0 saturated carbocycles. The summed E-state index contributed by atoms with van der Waals surface area (Å²) in [5.74, 6) is -1.77. The molecule has 0 aromatic heterocycles. The smallest absolute Gasteiger partial charge is 0.159 e. The Morgan fingerprint density at radius 3 is 2.39 bits per heavy atom. The second-order valence-corrected chi connectivity index (χ2v) is 4.56. The van der Waals surface area contributed by atoms with Gasteiger partial charge >= 0.3 is 0 Å². The van der Waals surface area contributed by atoms with Gasteiger partial charge in [0.25, 0.3) is 0 Å². The van der Waals surface area contributed by atoms with Crippen molar-refractivity contribution in [2.75, 3.05) is 0 Å². The molecule has 0 radical (unpaired) electrons. The maximum absolute atomic E-state index is 13.2. The van der Waals surface area contributed by atoms with Crippen LogP contribution in [0.25, 0.3) is 11.1 Å². The molecule has 0 saturated heterocycles. The molecule has 0 aliphatic heterocycles. The second-order valence-electron chi connectivity index (χ2n) is 4.16. The zero-order valence-electron chi connectivity index (χ0n) is 9.75. The van der Waals surface area contributed by atoms with Crippen molar-refractivity contribution in [3.05, 3.63) is 58.6 Å². The van der Waals surface area contributed by atoms with Crippen LogP contribution in [0.4, 0.5) is 8.78 Å². The first-order valence-corrected chi connectivity index (χ1v) is 5.87. The highest BCUT2D eigenvalue weighted by Gasteiger charge is 2.10. The summed E-state index contributed by atoms with van der Waals surface area (Å²) in [6, 6.07) is 8.87. The quantitative estimate of drug-likeness (QED) is 0.862. The lowest BCUT2D eigenvalue weighted by atomic mass is 10.00. The Morgan fingerprint density at radius 2 is 1.78 bits per heavy atom. The molecular weight excluding hydrogens is 256 g/mol. The second kappa shape index (κ2) is 5.04. The van der Waals surface area contributed by atoms with E-state index in [0.29, 0.717) is 16.1 Å². The maximum atomic E-state index is 13.2. The topological polar surface area (TPSA) is 26.0 Å². The van der Waals surface area contributed by atoms with E-state index in [-0.39, 0.29) is 6.04 Å². The third-order valence-corrected chi connectivity index (χ3v) is 3.08. The van der Waals surface area contributed by atoms with E-state index in [1.165, 1.54) is 6.07 Å². The standard InChI is InChI=1S/C14H12ClF2N/c1-8(18)9-2-4-12(15)11(6-9)10-3-5-13(16)14(17)7-10/h2-8H,18H2,1H3. The molecule has 4 heteroatoms. The molecule has 0 bridgehead atoms. The monoisotopic (exact) mass is 267 g/mol. The lowest BCUT2D eigenvalue weighted by molar-refractivity contribution is 0.509. The van der Waals surface area contributed by atoms with Crippen LogP contribution in [0.2, 0.25) is 5.02 Å². The van der Waals surface area contributed by atoms with Crippen molar-refractivity contribution in [1.29, 1.82) is 0 Å². The van der Waals surface area contributed by atoms with E-state index in [1.807, 2.05) is 13.0 Å². The summed E-state index contributed by atoms with van der Waals surface area (Å²) in [7, 11) is 0. The summed E-state index contributed by atoms with van der Waals surface area (Å²) in [6.07, 6.45) is 0. The van der Waals surface area contributed by atoms with Crippen LogP contribution in [-0.2, 0) is 0 Å². The predicted molar refractivity (Wildman–Crippen MR) is 69.4 cm³/mol. The van der Waals surface area contributed by atoms with Crippen LogP contribution in [0.3, 0.4) is 0 Å². The van der Waals surface area contributed by atoms with Gasteiger partial charge in [0.05, 0.1) is 0 Å². The normalized spacial score (nSPS) is 12.5.